The Kier molecular flexibility index (Phi) is 10.7. The van der Waals surface area contributed by atoms with E-state index in [1.165, 1.54) is 4.90 Å². The van der Waals surface area contributed by atoms with Gasteiger partial charge in [0.2, 0.25) is 11.8 Å². The second-order valence-electron chi connectivity index (χ2n) is 13.3. The van der Waals surface area contributed by atoms with Crippen molar-refractivity contribution in [2.45, 2.75) is 57.8 Å². The molecule has 2 amide bonds. The third kappa shape index (κ3) is 8.25. The van der Waals surface area contributed by atoms with Gasteiger partial charge in [0.25, 0.3) is 0 Å². The molecule has 6 aromatic rings. The monoisotopic (exact) mass is 732 g/mol. The number of aromatic amines is 2. The van der Waals surface area contributed by atoms with Crippen LogP contribution in [0.5, 0.6) is 0 Å². The number of hydrogen-bond donors (Lipinski definition) is 2. The summed E-state index contributed by atoms with van der Waals surface area (Å²) in [7, 11) is 0. The molecule has 2 N–H and O–H groups in total. The zero-order chi connectivity index (χ0) is 37.7. The fourth-order valence-corrected chi connectivity index (χ4v) is 6.80. The van der Waals surface area contributed by atoms with E-state index < -0.39 is 11.9 Å². The quantitative estimate of drug-likeness (QED) is 0.132. The van der Waals surface area contributed by atoms with E-state index in [4.69, 9.17) is 0 Å². The summed E-state index contributed by atoms with van der Waals surface area (Å²) in [5.41, 5.74) is 2.86. The summed E-state index contributed by atoms with van der Waals surface area (Å²) in [6.45, 7) is 2.89. The van der Waals surface area contributed by atoms with Gasteiger partial charge in [-0.1, -0.05) is 91.9 Å². The van der Waals surface area contributed by atoms with E-state index in [9.17, 15) is 22.8 Å². The molecule has 3 aromatic heterocycles. The molecule has 1 fully saturated rings. The maximum Gasteiger partial charge on any atom is 0.433 e. The lowest BCUT2D eigenvalue weighted by Crippen LogP contribution is -2.33. The minimum absolute atomic E-state index is 0.0524. The number of aromatic nitrogens is 6. The van der Waals surface area contributed by atoms with Gasteiger partial charge < -0.3 is 19.8 Å². The Morgan fingerprint density at radius 2 is 1.46 bits per heavy atom. The van der Waals surface area contributed by atoms with E-state index in [0.29, 0.717) is 54.4 Å². The van der Waals surface area contributed by atoms with E-state index in [0.717, 1.165) is 24.0 Å². The van der Waals surface area contributed by atoms with Crippen molar-refractivity contribution in [3.05, 3.63) is 132 Å². The highest BCUT2D eigenvalue weighted by atomic mass is 19.4. The number of alkyl halides is 3. The van der Waals surface area contributed by atoms with Crippen LogP contribution in [0.15, 0.2) is 104 Å². The first kappa shape index (κ1) is 36.3. The minimum atomic E-state index is -4.69. The zero-order valence-electron chi connectivity index (χ0n) is 29.7. The number of nitrogens with zero attached hydrogens (tertiary/aromatic N) is 6. The van der Waals surface area contributed by atoms with E-state index in [2.05, 4.69) is 29.9 Å². The average Bonchev–Trinajstić information content (AvgIpc) is 3.96. The van der Waals surface area contributed by atoms with Crippen molar-refractivity contribution in [1.82, 2.24) is 39.7 Å². The second-order valence-corrected chi connectivity index (χ2v) is 13.3. The molecule has 13 heteroatoms. The number of benzene rings is 3. The molecule has 0 bridgehead atoms. The molecular formula is C41H39F3N8O2. The molecule has 276 valence electrons. The summed E-state index contributed by atoms with van der Waals surface area (Å²) in [4.78, 5) is 53.4. The first-order chi connectivity index (χ1) is 26.2. The zero-order valence-corrected chi connectivity index (χ0v) is 29.7. The van der Waals surface area contributed by atoms with E-state index >= 15 is 0 Å². The highest BCUT2D eigenvalue weighted by Crippen LogP contribution is 2.37. The Morgan fingerprint density at radius 1 is 0.815 bits per heavy atom. The highest BCUT2D eigenvalue weighted by Gasteiger charge is 2.38. The van der Waals surface area contributed by atoms with Crippen molar-refractivity contribution in [3.8, 4) is 33.9 Å². The molecule has 10 nitrogen and oxygen atoms in total. The van der Waals surface area contributed by atoms with Crippen LogP contribution in [0.25, 0.3) is 33.9 Å². The van der Waals surface area contributed by atoms with Gasteiger partial charge in [0.1, 0.15) is 23.0 Å². The van der Waals surface area contributed by atoms with Crippen LogP contribution in [0.1, 0.15) is 60.7 Å². The number of carbonyl (C=O) groups is 2. The first-order valence-electron chi connectivity index (χ1n) is 18.0. The predicted octanol–water partition coefficient (Wildman–Crippen LogP) is 7.83. The maximum absolute atomic E-state index is 14.2. The summed E-state index contributed by atoms with van der Waals surface area (Å²) >= 11 is 0. The van der Waals surface area contributed by atoms with Crippen LogP contribution in [0.4, 0.5) is 13.2 Å². The van der Waals surface area contributed by atoms with Crippen LogP contribution >= 0.6 is 0 Å². The molecule has 1 aliphatic heterocycles. The van der Waals surface area contributed by atoms with Crippen molar-refractivity contribution in [3.63, 3.8) is 0 Å². The van der Waals surface area contributed by atoms with Gasteiger partial charge in [0.15, 0.2) is 5.82 Å². The number of imidazole rings is 2. The SMILES string of the molecule is CCCN(Cc1nc(-c2ccc(-c3ncc(-c4cnc([C@@H]5CCCN5C(=O)Cc5ccccc5)[nH]4)cn3)cc2)c(C(F)(F)F)[nH]1)C(=O)Cc1ccccc1. The lowest BCUT2D eigenvalue weighted by molar-refractivity contribution is -0.140. The van der Waals surface area contributed by atoms with Crippen LogP contribution in [0.3, 0.4) is 0 Å². The summed E-state index contributed by atoms with van der Waals surface area (Å²) in [6.07, 6.45) is 3.16. The molecule has 1 atom stereocenters. The van der Waals surface area contributed by atoms with Crippen LogP contribution in [0, 0.1) is 0 Å². The van der Waals surface area contributed by atoms with Crippen molar-refractivity contribution >= 4 is 11.8 Å². The lowest BCUT2D eigenvalue weighted by atomic mass is 10.1. The first-order valence-corrected chi connectivity index (χ1v) is 18.0. The number of halogens is 3. The standard InChI is InChI=1S/C41H39F3N8O2/c1-2-19-51(35(53)21-27-10-5-3-6-11-27)26-34-49-37(38(50-34)41(42,43)44)29-15-17-30(18-16-29)39-45-23-31(24-46-39)32-25-47-40(48-32)33-14-9-20-52(33)36(54)22-28-12-7-4-8-13-28/h3-8,10-13,15-18,23-25,33H,2,9,14,19-22,26H2,1H3,(H,47,48)(H,49,50)/t33-/m0/s1. The van der Waals surface area contributed by atoms with Crippen molar-refractivity contribution in [2.24, 2.45) is 0 Å². The number of hydrogen-bond acceptors (Lipinski definition) is 6. The molecule has 3 aromatic carbocycles. The van der Waals surface area contributed by atoms with Gasteiger partial charge in [-0.2, -0.15) is 13.2 Å². The normalized spacial score (nSPS) is 14.4. The third-order valence-corrected chi connectivity index (χ3v) is 9.48. The molecule has 0 radical (unpaired) electrons. The Labute approximate surface area is 310 Å². The summed E-state index contributed by atoms with van der Waals surface area (Å²) in [5, 5.41) is 0. The summed E-state index contributed by atoms with van der Waals surface area (Å²) < 4.78 is 42.7. The molecule has 0 spiro atoms. The summed E-state index contributed by atoms with van der Waals surface area (Å²) in [6, 6.07) is 25.2. The maximum atomic E-state index is 14.2. The Bertz CT molecular complexity index is 2180. The van der Waals surface area contributed by atoms with Crippen molar-refractivity contribution < 1.29 is 22.8 Å². The van der Waals surface area contributed by atoms with Gasteiger partial charge in [-0.3, -0.25) is 9.59 Å². The molecule has 7 rings (SSSR count). The molecule has 0 saturated carbocycles. The minimum Gasteiger partial charge on any atom is -0.340 e. The predicted molar refractivity (Wildman–Crippen MR) is 197 cm³/mol. The topological polar surface area (TPSA) is 124 Å². The molecule has 4 heterocycles. The van der Waals surface area contributed by atoms with E-state index in [1.54, 1.807) is 42.9 Å². The molecule has 0 unspecified atom stereocenters. The van der Waals surface area contributed by atoms with E-state index in [1.807, 2.05) is 72.5 Å². The van der Waals surface area contributed by atoms with Crippen molar-refractivity contribution in [2.75, 3.05) is 13.1 Å². The Balaban J connectivity index is 1.04. The highest BCUT2D eigenvalue weighted by molar-refractivity contribution is 5.80. The Morgan fingerprint density at radius 3 is 2.11 bits per heavy atom. The molecular weight excluding hydrogens is 693 g/mol. The van der Waals surface area contributed by atoms with Gasteiger partial charge >= 0.3 is 6.18 Å². The van der Waals surface area contributed by atoms with Gasteiger partial charge in [-0.05, 0) is 30.4 Å². The van der Waals surface area contributed by atoms with E-state index in [-0.39, 0.29) is 47.9 Å². The van der Waals surface area contributed by atoms with Crippen LogP contribution in [-0.2, 0) is 35.2 Å². The smallest absolute Gasteiger partial charge is 0.340 e. The fraction of sp³-hybridized carbons (Fsp3) is 0.268. The van der Waals surface area contributed by atoms with Crippen LogP contribution in [-0.4, -0.2) is 64.6 Å². The molecule has 0 aliphatic carbocycles. The largest absolute Gasteiger partial charge is 0.433 e. The summed E-state index contributed by atoms with van der Waals surface area (Å²) in [5.74, 6) is 1.03. The average molecular weight is 733 g/mol. The molecule has 54 heavy (non-hydrogen) atoms. The molecule has 1 saturated heterocycles. The Hall–Kier alpha value is -6.11. The van der Waals surface area contributed by atoms with Crippen LogP contribution < -0.4 is 0 Å². The van der Waals surface area contributed by atoms with Gasteiger partial charge in [-0.25, -0.2) is 19.9 Å². The lowest BCUT2D eigenvalue weighted by Gasteiger charge is -2.23. The van der Waals surface area contributed by atoms with Gasteiger partial charge in [-0.15, -0.1) is 0 Å². The van der Waals surface area contributed by atoms with Gasteiger partial charge in [0.05, 0.1) is 37.3 Å². The van der Waals surface area contributed by atoms with Crippen LogP contribution in [0.2, 0.25) is 0 Å². The van der Waals surface area contributed by atoms with Crippen molar-refractivity contribution in [1.29, 1.82) is 0 Å². The van der Waals surface area contributed by atoms with Gasteiger partial charge in [0, 0.05) is 42.2 Å². The number of H-pyrrole nitrogens is 2. The fourth-order valence-electron chi connectivity index (χ4n) is 6.80. The second kappa shape index (κ2) is 15.9. The number of carbonyl (C=O) groups excluding carboxylic acids is 2. The number of likely N-dealkylation sites (tertiary alicyclic amines) is 1. The number of amides is 2. The number of nitrogens with one attached hydrogen (secondary N) is 2. The number of rotatable bonds is 12. The third-order valence-electron chi connectivity index (χ3n) is 9.48. The molecule has 1 aliphatic rings.